The molecule has 34 heavy (non-hydrogen) atoms. The van der Waals surface area contributed by atoms with Gasteiger partial charge in [-0.2, -0.15) is 0 Å². The number of carbonyl (C=O) groups excluding carboxylic acids is 2. The van der Waals surface area contributed by atoms with E-state index in [4.69, 9.17) is 0 Å². The van der Waals surface area contributed by atoms with Gasteiger partial charge in [-0.05, 0) is 79.3 Å². The van der Waals surface area contributed by atoms with Gasteiger partial charge in [-0.15, -0.1) is 0 Å². The molecule has 5 rings (SSSR count). The highest BCUT2D eigenvalue weighted by molar-refractivity contribution is 6.36. The molecule has 1 fully saturated rings. The van der Waals surface area contributed by atoms with Gasteiger partial charge in [0.1, 0.15) is 5.70 Å². The van der Waals surface area contributed by atoms with E-state index >= 15 is 0 Å². The van der Waals surface area contributed by atoms with Crippen molar-refractivity contribution in [3.63, 3.8) is 0 Å². The molecule has 3 aromatic rings. The fraction of sp³-hybridized carbons (Fsp3) is 0.250. The summed E-state index contributed by atoms with van der Waals surface area (Å²) in [6.45, 7) is 6.37. The minimum Gasteiger partial charge on any atom is -0.372 e. The number of benzene rings is 2. The Morgan fingerprint density at radius 3 is 2.35 bits per heavy atom. The van der Waals surface area contributed by atoms with Crippen molar-refractivity contribution in [2.45, 2.75) is 33.2 Å². The van der Waals surface area contributed by atoms with E-state index in [0.29, 0.717) is 11.3 Å². The van der Waals surface area contributed by atoms with Crippen molar-refractivity contribution in [1.29, 1.82) is 0 Å². The molecule has 3 heterocycles. The first-order valence-electron chi connectivity index (χ1n) is 11.7. The minimum absolute atomic E-state index is 0.179. The Morgan fingerprint density at radius 2 is 1.68 bits per heavy atom. The summed E-state index contributed by atoms with van der Waals surface area (Å²) in [5.41, 5.74) is 6.44. The fourth-order valence-corrected chi connectivity index (χ4v) is 4.55. The number of imide groups is 1. The highest BCUT2D eigenvalue weighted by Crippen LogP contribution is 2.33. The van der Waals surface area contributed by atoms with Gasteiger partial charge < -0.3 is 10.2 Å². The average Bonchev–Trinajstić information content (AvgIpc) is 3.46. The van der Waals surface area contributed by atoms with Crippen LogP contribution in [-0.4, -0.2) is 34.8 Å². The van der Waals surface area contributed by atoms with Gasteiger partial charge in [0, 0.05) is 36.9 Å². The first-order valence-corrected chi connectivity index (χ1v) is 11.7. The number of carbonyl (C=O) groups is 2. The normalized spacial score (nSPS) is 16.1. The highest BCUT2D eigenvalue weighted by atomic mass is 16.2. The molecule has 0 radical (unpaired) electrons. The largest absolute Gasteiger partial charge is 0.372 e. The second kappa shape index (κ2) is 9.14. The van der Waals surface area contributed by atoms with E-state index in [1.165, 1.54) is 23.4 Å². The second-order valence-electron chi connectivity index (χ2n) is 8.97. The first kappa shape index (κ1) is 21.9. The smallest absolute Gasteiger partial charge is 0.278 e. The van der Waals surface area contributed by atoms with Crippen molar-refractivity contribution in [3.8, 4) is 0 Å². The zero-order valence-corrected chi connectivity index (χ0v) is 19.5. The summed E-state index contributed by atoms with van der Waals surface area (Å²) in [4.78, 5) is 34.8. The molecule has 1 N–H and O–H groups in total. The maximum absolute atomic E-state index is 13.5. The Labute approximate surface area is 199 Å². The standard InChI is InChI=1S/C28H28N4O2/c1-19-7-8-22(16-20(19)2)25-26(28(34)32(27(25)33)18-21-6-5-13-29-17-21)30-23-9-11-24(12-10-23)31-14-3-4-15-31/h5-13,16-17,30H,3-4,14-15,18H2,1-2H3. The molecule has 0 bridgehead atoms. The maximum Gasteiger partial charge on any atom is 0.278 e. The number of nitrogens with zero attached hydrogens (tertiary/aromatic N) is 3. The molecular weight excluding hydrogens is 424 g/mol. The van der Waals surface area contributed by atoms with Crippen LogP contribution in [0.1, 0.15) is 35.1 Å². The van der Waals surface area contributed by atoms with Crippen molar-refractivity contribution >= 4 is 28.8 Å². The third kappa shape index (κ3) is 4.19. The molecule has 0 saturated carbocycles. The van der Waals surface area contributed by atoms with Crippen molar-refractivity contribution in [3.05, 3.63) is 94.9 Å². The van der Waals surface area contributed by atoms with E-state index in [2.05, 4.69) is 27.3 Å². The number of aryl methyl sites for hydroxylation is 2. The van der Waals surface area contributed by atoms with Gasteiger partial charge in [-0.25, -0.2) is 0 Å². The lowest BCUT2D eigenvalue weighted by atomic mass is 9.99. The number of hydrogen-bond acceptors (Lipinski definition) is 5. The summed E-state index contributed by atoms with van der Waals surface area (Å²) >= 11 is 0. The van der Waals surface area contributed by atoms with E-state index in [9.17, 15) is 9.59 Å². The Kier molecular flexibility index (Phi) is 5.88. The predicted molar refractivity (Wildman–Crippen MR) is 134 cm³/mol. The van der Waals surface area contributed by atoms with Crippen LogP contribution in [0.15, 0.2) is 72.7 Å². The van der Waals surface area contributed by atoms with Crippen LogP contribution in [0.4, 0.5) is 11.4 Å². The summed E-state index contributed by atoms with van der Waals surface area (Å²) in [6, 6.07) is 17.6. The number of aromatic nitrogens is 1. The quantitative estimate of drug-likeness (QED) is 0.550. The Balaban J connectivity index is 1.49. The summed E-state index contributed by atoms with van der Waals surface area (Å²) in [5.74, 6) is -0.626. The number of amides is 2. The third-order valence-electron chi connectivity index (χ3n) is 6.63. The number of hydrogen-bond donors (Lipinski definition) is 1. The van der Waals surface area contributed by atoms with E-state index in [0.717, 1.165) is 41.0 Å². The van der Waals surface area contributed by atoms with Gasteiger partial charge in [0.25, 0.3) is 11.8 Å². The van der Waals surface area contributed by atoms with Gasteiger partial charge in [-0.1, -0.05) is 24.3 Å². The molecule has 2 aliphatic heterocycles. The molecule has 2 aromatic carbocycles. The van der Waals surface area contributed by atoms with E-state index in [1.807, 2.05) is 50.2 Å². The van der Waals surface area contributed by atoms with Gasteiger partial charge in [0.15, 0.2) is 0 Å². The maximum atomic E-state index is 13.5. The van der Waals surface area contributed by atoms with E-state index in [-0.39, 0.29) is 18.4 Å². The number of anilines is 2. The lowest BCUT2D eigenvalue weighted by molar-refractivity contribution is -0.137. The molecule has 0 aliphatic carbocycles. The number of nitrogens with one attached hydrogen (secondary N) is 1. The zero-order valence-electron chi connectivity index (χ0n) is 19.5. The molecule has 1 saturated heterocycles. The lowest BCUT2D eigenvalue weighted by Crippen LogP contribution is -2.32. The summed E-state index contributed by atoms with van der Waals surface area (Å²) in [5, 5.41) is 3.27. The SMILES string of the molecule is Cc1ccc(C2=C(Nc3ccc(N4CCCC4)cc3)C(=O)N(Cc3cccnc3)C2=O)cc1C. The van der Waals surface area contributed by atoms with Gasteiger partial charge >= 0.3 is 0 Å². The molecule has 0 atom stereocenters. The monoisotopic (exact) mass is 452 g/mol. The van der Waals surface area contributed by atoms with Crippen LogP contribution in [0.3, 0.4) is 0 Å². The summed E-state index contributed by atoms with van der Waals surface area (Å²) < 4.78 is 0. The van der Waals surface area contributed by atoms with E-state index in [1.54, 1.807) is 18.5 Å². The second-order valence-corrected chi connectivity index (χ2v) is 8.97. The fourth-order valence-electron chi connectivity index (χ4n) is 4.55. The molecule has 2 amide bonds. The molecule has 0 spiro atoms. The first-order chi connectivity index (χ1) is 16.5. The van der Waals surface area contributed by atoms with Crippen LogP contribution in [0.2, 0.25) is 0 Å². The predicted octanol–water partition coefficient (Wildman–Crippen LogP) is 4.69. The molecule has 6 heteroatoms. The third-order valence-corrected chi connectivity index (χ3v) is 6.63. The van der Waals surface area contributed by atoms with Crippen molar-refractivity contribution in [1.82, 2.24) is 9.88 Å². The minimum atomic E-state index is -0.328. The highest BCUT2D eigenvalue weighted by Gasteiger charge is 2.39. The van der Waals surface area contributed by atoms with Crippen LogP contribution in [-0.2, 0) is 16.1 Å². The van der Waals surface area contributed by atoms with Crippen molar-refractivity contribution < 1.29 is 9.59 Å². The molecule has 172 valence electrons. The van der Waals surface area contributed by atoms with Crippen LogP contribution in [0.25, 0.3) is 5.57 Å². The van der Waals surface area contributed by atoms with Gasteiger partial charge in [0.2, 0.25) is 0 Å². The summed E-state index contributed by atoms with van der Waals surface area (Å²) in [7, 11) is 0. The average molecular weight is 453 g/mol. The molecule has 1 aromatic heterocycles. The molecular formula is C28H28N4O2. The van der Waals surface area contributed by atoms with Crippen LogP contribution in [0.5, 0.6) is 0 Å². The molecule has 6 nitrogen and oxygen atoms in total. The Bertz CT molecular complexity index is 1260. The lowest BCUT2D eigenvalue weighted by Gasteiger charge is -2.18. The Hall–Kier alpha value is -3.93. The number of rotatable bonds is 6. The summed E-state index contributed by atoms with van der Waals surface area (Å²) in [6.07, 6.45) is 5.79. The van der Waals surface area contributed by atoms with E-state index < -0.39 is 0 Å². The van der Waals surface area contributed by atoms with Crippen LogP contribution < -0.4 is 10.2 Å². The molecule has 0 unspecified atom stereocenters. The number of pyridine rings is 1. The zero-order chi connectivity index (χ0) is 23.7. The van der Waals surface area contributed by atoms with Gasteiger partial charge in [-0.3, -0.25) is 19.5 Å². The Morgan fingerprint density at radius 1 is 0.912 bits per heavy atom. The van der Waals surface area contributed by atoms with Crippen molar-refractivity contribution in [2.24, 2.45) is 0 Å². The van der Waals surface area contributed by atoms with Crippen LogP contribution in [0, 0.1) is 13.8 Å². The van der Waals surface area contributed by atoms with Crippen molar-refractivity contribution in [2.75, 3.05) is 23.3 Å². The topological polar surface area (TPSA) is 65.5 Å². The van der Waals surface area contributed by atoms with Gasteiger partial charge in [0.05, 0.1) is 12.1 Å². The van der Waals surface area contributed by atoms with Crippen LogP contribution >= 0.6 is 0 Å². The molecule has 2 aliphatic rings.